The topological polar surface area (TPSA) is 57.6 Å². The SMILES string of the molecule is [2H]C1([2H])CCCN(C(=O)O)[C@@]1(CC(=O)CBr)C(C)(C)C. The molecule has 1 aliphatic rings. The van der Waals surface area contributed by atoms with Gasteiger partial charge in [-0.3, -0.25) is 4.79 Å². The molecular formula is C13H22BrNO3. The number of likely N-dealkylation sites (tertiary alicyclic amines) is 1. The van der Waals surface area contributed by atoms with Crippen LogP contribution in [0.15, 0.2) is 0 Å². The van der Waals surface area contributed by atoms with Gasteiger partial charge in [-0.05, 0) is 24.6 Å². The molecule has 1 fully saturated rings. The van der Waals surface area contributed by atoms with Crippen molar-refractivity contribution in [2.24, 2.45) is 5.41 Å². The molecular weight excluding hydrogens is 298 g/mol. The number of alkyl halides is 1. The number of piperidine rings is 1. The van der Waals surface area contributed by atoms with Gasteiger partial charge in [0.1, 0.15) is 5.78 Å². The minimum Gasteiger partial charge on any atom is -0.465 e. The highest BCUT2D eigenvalue weighted by atomic mass is 79.9. The van der Waals surface area contributed by atoms with Gasteiger partial charge in [0.2, 0.25) is 0 Å². The molecule has 1 saturated heterocycles. The number of Topliss-reactive ketones (excluding diaryl/α,β-unsaturated/α-hetero) is 1. The van der Waals surface area contributed by atoms with Crippen LogP contribution >= 0.6 is 15.9 Å². The van der Waals surface area contributed by atoms with Crippen LogP contribution in [0.5, 0.6) is 0 Å². The quantitative estimate of drug-likeness (QED) is 0.811. The number of ketones is 1. The lowest BCUT2D eigenvalue weighted by Gasteiger charge is -2.53. The van der Waals surface area contributed by atoms with Gasteiger partial charge in [-0.15, -0.1) is 0 Å². The Balaban J connectivity index is 3.46. The van der Waals surface area contributed by atoms with Crippen LogP contribution in [0.3, 0.4) is 0 Å². The summed E-state index contributed by atoms with van der Waals surface area (Å²) in [6.45, 7) is 5.66. The van der Waals surface area contributed by atoms with Gasteiger partial charge in [0, 0.05) is 15.7 Å². The lowest BCUT2D eigenvalue weighted by molar-refractivity contribution is -0.123. The van der Waals surface area contributed by atoms with Gasteiger partial charge in [-0.2, -0.15) is 0 Å². The molecule has 0 radical (unpaired) electrons. The molecule has 0 aromatic rings. The standard InChI is InChI=1S/C13H22BrNO3/c1-12(2,3)13(8-10(16)9-14)6-4-5-7-15(13)11(17)18/h4-9H2,1-3H3,(H,17,18)/t13-/m0/s1/i6D2. The first-order chi connectivity index (χ1) is 8.99. The molecule has 0 saturated carbocycles. The summed E-state index contributed by atoms with van der Waals surface area (Å²) in [6.07, 6.45) is -2.27. The Morgan fingerprint density at radius 2 is 2.06 bits per heavy atom. The Labute approximate surface area is 120 Å². The Bertz CT molecular complexity index is 409. The zero-order chi connectivity index (χ0) is 15.8. The molecule has 0 unspecified atom stereocenters. The fourth-order valence-corrected chi connectivity index (χ4v) is 2.70. The molecule has 1 atom stereocenters. The van der Waals surface area contributed by atoms with Crippen LogP contribution in [0.25, 0.3) is 0 Å². The van der Waals surface area contributed by atoms with Crippen LogP contribution in [0.4, 0.5) is 4.79 Å². The highest BCUT2D eigenvalue weighted by Gasteiger charge is 2.50. The lowest BCUT2D eigenvalue weighted by atomic mass is 9.65. The second kappa shape index (κ2) is 5.59. The highest BCUT2D eigenvalue weighted by molar-refractivity contribution is 9.09. The third-order valence-corrected chi connectivity index (χ3v) is 4.14. The number of rotatable bonds is 3. The maximum atomic E-state index is 12.0. The van der Waals surface area contributed by atoms with E-state index in [0.29, 0.717) is 6.42 Å². The number of carboxylic acid groups (broad SMARTS) is 1. The molecule has 104 valence electrons. The minimum atomic E-state index is -1.74. The number of hydrogen-bond acceptors (Lipinski definition) is 2. The van der Waals surface area contributed by atoms with Crippen molar-refractivity contribution >= 4 is 27.8 Å². The van der Waals surface area contributed by atoms with Crippen molar-refractivity contribution in [1.29, 1.82) is 0 Å². The summed E-state index contributed by atoms with van der Waals surface area (Å²) in [6, 6.07) is 0. The molecule has 1 rings (SSSR count). The molecule has 0 aromatic carbocycles. The number of hydrogen-bond donors (Lipinski definition) is 1. The second-order valence-electron chi connectivity index (χ2n) is 5.67. The zero-order valence-electron chi connectivity index (χ0n) is 13.1. The molecule has 1 amide bonds. The van der Waals surface area contributed by atoms with Crippen molar-refractivity contribution in [3.63, 3.8) is 0 Å². The van der Waals surface area contributed by atoms with Gasteiger partial charge >= 0.3 is 6.09 Å². The van der Waals surface area contributed by atoms with Crippen LogP contribution in [-0.2, 0) is 4.79 Å². The predicted octanol–water partition coefficient (Wildman–Crippen LogP) is 3.29. The summed E-state index contributed by atoms with van der Waals surface area (Å²) in [4.78, 5) is 24.7. The Kier molecular flexibility index (Phi) is 3.87. The molecule has 1 heterocycles. The van der Waals surface area contributed by atoms with E-state index in [1.807, 2.05) is 0 Å². The molecule has 4 nitrogen and oxygen atoms in total. The van der Waals surface area contributed by atoms with Crippen LogP contribution in [0, 0.1) is 5.41 Å². The summed E-state index contributed by atoms with van der Waals surface area (Å²) in [5.41, 5.74) is -2.03. The molecule has 0 bridgehead atoms. The number of amides is 1. The van der Waals surface area contributed by atoms with Gasteiger partial charge in [0.05, 0.1) is 10.9 Å². The van der Waals surface area contributed by atoms with E-state index in [2.05, 4.69) is 15.9 Å². The Hall–Kier alpha value is -0.580. The van der Waals surface area contributed by atoms with E-state index in [0.717, 1.165) is 4.90 Å². The average molecular weight is 322 g/mol. The fraction of sp³-hybridized carbons (Fsp3) is 0.846. The van der Waals surface area contributed by atoms with Gasteiger partial charge < -0.3 is 10.0 Å². The van der Waals surface area contributed by atoms with E-state index >= 15 is 0 Å². The smallest absolute Gasteiger partial charge is 0.407 e. The number of carbonyl (C=O) groups excluding carboxylic acids is 1. The maximum absolute atomic E-state index is 12.0. The van der Waals surface area contributed by atoms with E-state index < -0.39 is 23.4 Å². The van der Waals surface area contributed by atoms with Gasteiger partial charge in [-0.1, -0.05) is 36.7 Å². The largest absolute Gasteiger partial charge is 0.465 e. The van der Waals surface area contributed by atoms with Crippen molar-refractivity contribution in [1.82, 2.24) is 4.90 Å². The van der Waals surface area contributed by atoms with E-state index in [4.69, 9.17) is 2.74 Å². The van der Waals surface area contributed by atoms with Crippen LogP contribution in [-0.4, -0.2) is 39.3 Å². The first-order valence-electron chi connectivity index (χ1n) is 7.08. The number of halogens is 1. The summed E-state index contributed by atoms with van der Waals surface area (Å²) >= 11 is 3.09. The molecule has 0 spiro atoms. The summed E-state index contributed by atoms with van der Waals surface area (Å²) in [5, 5.41) is 9.60. The Morgan fingerprint density at radius 1 is 1.44 bits per heavy atom. The molecule has 1 N–H and O–H groups in total. The van der Waals surface area contributed by atoms with Crippen molar-refractivity contribution in [3.8, 4) is 0 Å². The zero-order valence-corrected chi connectivity index (χ0v) is 12.7. The summed E-state index contributed by atoms with van der Waals surface area (Å²) in [5.74, 6) is -0.183. The maximum Gasteiger partial charge on any atom is 0.407 e. The lowest BCUT2D eigenvalue weighted by Crippen LogP contribution is -2.62. The van der Waals surface area contributed by atoms with Crippen LogP contribution in [0.2, 0.25) is 0 Å². The molecule has 0 aromatic heterocycles. The average Bonchev–Trinajstić information content (AvgIpc) is 2.28. The first-order valence-corrected chi connectivity index (χ1v) is 7.20. The molecule has 18 heavy (non-hydrogen) atoms. The normalized spacial score (nSPS) is 29.4. The number of nitrogens with zero attached hydrogens (tertiary/aromatic N) is 1. The summed E-state index contributed by atoms with van der Waals surface area (Å²) < 4.78 is 16.7. The van der Waals surface area contributed by atoms with Crippen molar-refractivity contribution in [2.75, 3.05) is 11.9 Å². The molecule has 5 heteroatoms. The van der Waals surface area contributed by atoms with Crippen molar-refractivity contribution in [2.45, 2.75) is 51.9 Å². The minimum absolute atomic E-state index is 0.106. The summed E-state index contributed by atoms with van der Waals surface area (Å²) in [7, 11) is 0. The van der Waals surface area contributed by atoms with Crippen molar-refractivity contribution < 1.29 is 17.4 Å². The van der Waals surface area contributed by atoms with E-state index in [9.17, 15) is 14.7 Å². The van der Waals surface area contributed by atoms with Crippen LogP contribution in [0.1, 0.15) is 49.1 Å². The van der Waals surface area contributed by atoms with Gasteiger partial charge in [-0.25, -0.2) is 4.79 Å². The second-order valence-corrected chi connectivity index (χ2v) is 6.23. The predicted molar refractivity (Wildman–Crippen MR) is 74.2 cm³/mol. The van der Waals surface area contributed by atoms with E-state index in [1.165, 1.54) is 0 Å². The van der Waals surface area contributed by atoms with Gasteiger partial charge in [0.25, 0.3) is 0 Å². The molecule has 1 aliphatic heterocycles. The van der Waals surface area contributed by atoms with E-state index in [-0.39, 0.29) is 30.5 Å². The van der Waals surface area contributed by atoms with E-state index in [1.54, 1.807) is 20.8 Å². The molecule has 0 aliphatic carbocycles. The Morgan fingerprint density at radius 3 is 2.50 bits per heavy atom. The third kappa shape index (κ3) is 2.87. The fourth-order valence-electron chi connectivity index (χ4n) is 2.50. The monoisotopic (exact) mass is 321 g/mol. The van der Waals surface area contributed by atoms with Gasteiger partial charge in [0.15, 0.2) is 0 Å². The van der Waals surface area contributed by atoms with Crippen LogP contribution < -0.4 is 0 Å². The third-order valence-electron chi connectivity index (χ3n) is 3.51. The first kappa shape index (κ1) is 12.5. The number of carbonyl (C=O) groups is 2. The van der Waals surface area contributed by atoms with Crippen molar-refractivity contribution in [3.05, 3.63) is 0 Å². The highest BCUT2D eigenvalue weighted by Crippen LogP contribution is 2.45.